The minimum Gasteiger partial charge on any atom is -0.382 e. The van der Waals surface area contributed by atoms with E-state index in [1.165, 1.54) is 14.0 Å². The molecule has 0 aromatic heterocycles. The van der Waals surface area contributed by atoms with Crippen molar-refractivity contribution in [2.24, 2.45) is 0 Å². The van der Waals surface area contributed by atoms with Crippen LogP contribution in [0.5, 0.6) is 0 Å². The van der Waals surface area contributed by atoms with E-state index in [-0.39, 0.29) is 19.6 Å². The largest absolute Gasteiger partial charge is 0.417 e. The number of rotatable bonds is 8. The van der Waals surface area contributed by atoms with Crippen LogP contribution in [-0.4, -0.2) is 45.3 Å². The number of hydrogen-bond acceptors (Lipinski definition) is 3. The Morgan fingerprint density at radius 1 is 1.00 bits per heavy atom. The highest BCUT2D eigenvalue weighted by atomic mass is 19.4. The predicted molar refractivity (Wildman–Crippen MR) is 53.4 cm³/mol. The van der Waals surface area contributed by atoms with Crippen molar-refractivity contribution in [3.63, 3.8) is 0 Å². The minimum atomic E-state index is -4.35. The third kappa shape index (κ3) is 5.14. The van der Waals surface area contributed by atoms with Crippen molar-refractivity contribution in [2.75, 3.05) is 33.5 Å². The lowest BCUT2D eigenvalue weighted by atomic mass is 10.0. The second-order valence-electron chi connectivity index (χ2n) is 3.54. The van der Waals surface area contributed by atoms with Crippen molar-refractivity contribution in [3.05, 3.63) is 0 Å². The van der Waals surface area contributed by atoms with Gasteiger partial charge in [-0.3, -0.25) is 0 Å². The first kappa shape index (κ1) is 15.7. The van der Waals surface area contributed by atoms with Crippen LogP contribution in [0.25, 0.3) is 0 Å². The van der Waals surface area contributed by atoms with Gasteiger partial charge in [0.05, 0.1) is 26.4 Å². The summed E-state index contributed by atoms with van der Waals surface area (Å²) >= 11 is 0. The Balaban J connectivity index is 3.80. The molecule has 0 aromatic rings. The molecule has 0 aliphatic heterocycles. The molecule has 6 heteroatoms. The normalized spacial score (nSPS) is 16.1. The quantitative estimate of drug-likeness (QED) is 0.614. The SMILES string of the molecule is CCC(C)(OCCOCCOC)C(F)(F)F. The van der Waals surface area contributed by atoms with Crippen molar-refractivity contribution in [3.8, 4) is 0 Å². The van der Waals surface area contributed by atoms with Gasteiger partial charge in [0.15, 0.2) is 5.60 Å². The van der Waals surface area contributed by atoms with Crippen molar-refractivity contribution in [2.45, 2.75) is 32.0 Å². The number of ether oxygens (including phenoxy) is 3. The summed E-state index contributed by atoms with van der Waals surface area (Å²) in [5, 5.41) is 0. The van der Waals surface area contributed by atoms with E-state index in [1.807, 2.05) is 0 Å². The average Bonchev–Trinajstić information content (AvgIpc) is 2.21. The maximum atomic E-state index is 12.5. The van der Waals surface area contributed by atoms with E-state index in [0.29, 0.717) is 13.2 Å². The molecule has 0 saturated heterocycles. The second-order valence-corrected chi connectivity index (χ2v) is 3.54. The molecule has 0 aromatic carbocycles. The first-order valence-electron chi connectivity index (χ1n) is 5.14. The predicted octanol–water partition coefficient (Wildman–Crippen LogP) is 2.40. The zero-order chi connectivity index (χ0) is 12.7. The Morgan fingerprint density at radius 2 is 1.56 bits per heavy atom. The van der Waals surface area contributed by atoms with Crippen LogP contribution >= 0.6 is 0 Å². The molecule has 0 heterocycles. The van der Waals surface area contributed by atoms with E-state index >= 15 is 0 Å². The molecule has 0 aliphatic carbocycles. The van der Waals surface area contributed by atoms with E-state index in [2.05, 4.69) is 0 Å². The first-order valence-corrected chi connectivity index (χ1v) is 5.14. The molecule has 1 unspecified atom stereocenters. The van der Waals surface area contributed by atoms with Crippen molar-refractivity contribution >= 4 is 0 Å². The number of alkyl halides is 3. The Kier molecular flexibility index (Phi) is 6.94. The summed E-state index contributed by atoms with van der Waals surface area (Å²) < 4.78 is 52.2. The molecule has 0 rings (SSSR count). The highest BCUT2D eigenvalue weighted by Gasteiger charge is 2.50. The molecule has 16 heavy (non-hydrogen) atoms. The second kappa shape index (κ2) is 7.09. The molecule has 0 fully saturated rings. The Labute approximate surface area is 93.9 Å². The zero-order valence-corrected chi connectivity index (χ0v) is 9.89. The van der Waals surface area contributed by atoms with Gasteiger partial charge in [0.2, 0.25) is 0 Å². The van der Waals surface area contributed by atoms with Crippen LogP contribution in [0.15, 0.2) is 0 Å². The molecule has 0 aliphatic rings. The summed E-state index contributed by atoms with van der Waals surface area (Å²) in [6.07, 6.45) is -4.47. The van der Waals surface area contributed by atoms with E-state index in [1.54, 1.807) is 0 Å². The van der Waals surface area contributed by atoms with Crippen LogP contribution in [-0.2, 0) is 14.2 Å². The average molecular weight is 244 g/mol. The lowest BCUT2D eigenvalue weighted by molar-refractivity contribution is -0.274. The fourth-order valence-electron chi connectivity index (χ4n) is 0.955. The highest BCUT2D eigenvalue weighted by Crippen LogP contribution is 2.35. The maximum Gasteiger partial charge on any atom is 0.417 e. The van der Waals surface area contributed by atoms with Crippen molar-refractivity contribution in [1.29, 1.82) is 0 Å². The lowest BCUT2D eigenvalue weighted by Gasteiger charge is -2.30. The molecule has 0 saturated carbocycles. The van der Waals surface area contributed by atoms with Crippen LogP contribution in [0.4, 0.5) is 13.2 Å². The van der Waals surface area contributed by atoms with Crippen LogP contribution in [0.3, 0.4) is 0 Å². The summed E-state index contributed by atoms with van der Waals surface area (Å²) in [4.78, 5) is 0. The number of methoxy groups -OCH3 is 1. The van der Waals surface area contributed by atoms with E-state index in [9.17, 15) is 13.2 Å². The van der Waals surface area contributed by atoms with Crippen molar-refractivity contribution < 1.29 is 27.4 Å². The van der Waals surface area contributed by atoms with Crippen LogP contribution in [0, 0.1) is 0 Å². The molecular weight excluding hydrogens is 225 g/mol. The minimum absolute atomic E-state index is 0.0758. The Morgan fingerprint density at radius 3 is 2.00 bits per heavy atom. The lowest BCUT2D eigenvalue weighted by Crippen LogP contribution is -2.45. The molecule has 98 valence electrons. The summed E-state index contributed by atoms with van der Waals surface area (Å²) in [5.41, 5.74) is -2.09. The van der Waals surface area contributed by atoms with Gasteiger partial charge in [0.1, 0.15) is 0 Å². The topological polar surface area (TPSA) is 27.7 Å². The van der Waals surface area contributed by atoms with Gasteiger partial charge >= 0.3 is 6.18 Å². The molecule has 3 nitrogen and oxygen atoms in total. The maximum absolute atomic E-state index is 12.5. The Hall–Kier alpha value is -0.330. The van der Waals surface area contributed by atoms with Gasteiger partial charge in [-0.2, -0.15) is 13.2 Å². The first-order chi connectivity index (χ1) is 7.37. The molecular formula is C10H19F3O3. The van der Waals surface area contributed by atoms with E-state index in [0.717, 1.165) is 6.92 Å². The molecule has 0 radical (unpaired) electrons. The van der Waals surface area contributed by atoms with Gasteiger partial charge in [0.25, 0.3) is 0 Å². The third-order valence-corrected chi connectivity index (χ3v) is 2.35. The van der Waals surface area contributed by atoms with Crippen LogP contribution < -0.4 is 0 Å². The standard InChI is InChI=1S/C10H19F3O3/c1-4-9(2,10(11,12)13)16-8-7-15-6-5-14-3/h4-8H2,1-3H3. The molecule has 0 bridgehead atoms. The van der Waals surface area contributed by atoms with Gasteiger partial charge in [-0.05, 0) is 13.3 Å². The van der Waals surface area contributed by atoms with E-state index in [4.69, 9.17) is 14.2 Å². The summed E-state index contributed by atoms with van der Waals surface area (Å²) in [7, 11) is 1.53. The number of hydrogen-bond donors (Lipinski definition) is 0. The Bertz CT molecular complexity index is 185. The van der Waals surface area contributed by atoms with E-state index < -0.39 is 11.8 Å². The fraction of sp³-hybridized carbons (Fsp3) is 1.00. The highest BCUT2D eigenvalue weighted by molar-refractivity contribution is 4.82. The number of halogens is 3. The summed E-state index contributed by atoms with van der Waals surface area (Å²) in [6, 6.07) is 0. The monoisotopic (exact) mass is 244 g/mol. The van der Waals surface area contributed by atoms with Crippen LogP contribution in [0.1, 0.15) is 20.3 Å². The molecule has 0 N–H and O–H groups in total. The summed E-state index contributed by atoms with van der Waals surface area (Å²) in [6.45, 7) is 3.32. The zero-order valence-electron chi connectivity index (χ0n) is 9.89. The molecule has 1 atom stereocenters. The summed E-state index contributed by atoms with van der Waals surface area (Å²) in [5.74, 6) is 0. The van der Waals surface area contributed by atoms with Crippen LogP contribution in [0.2, 0.25) is 0 Å². The van der Waals surface area contributed by atoms with Gasteiger partial charge in [0, 0.05) is 7.11 Å². The third-order valence-electron chi connectivity index (χ3n) is 2.35. The van der Waals surface area contributed by atoms with Gasteiger partial charge in [-0.25, -0.2) is 0 Å². The molecule has 0 spiro atoms. The fourth-order valence-corrected chi connectivity index (χ4v) is 0.955. The van der Waals surface area contributed by atoms with Gasteiger partial charge < -0.3 is 14.2 Å². The smallest absolute Gasteiger partial charge is 0.382 e. The molecule has 0 amide bonds. The van der Waals surface area contributed by atoms with Crippen molar-refractivity contribution in [1.82, 2.24) is 0 Å². The van der Waals surface area contributed by atoms with Gasteiger partial charge in [-0.1, -0.05) is 6.92 Å². The van der Waals surface area contributed by atoms with Gasteiger partial charge in [-0.15, -0.1) is 0 Å².